The van der Waals surface area contributed by atoms with Crippen molar-refractivity contribution >= 4 is 41.5 Å². The Balaban J connectivity index is 2.84. The highest BCUT2D eigenvalue weighted by atomic mass is 35.5. The van der Waals surface area contributed by atoms with E-state index in [0.717, 1.165) is 19.1 Å². The first kappa shape index (κ1) is 19.2. The van der Waals surface area contributed by atoms with Gasteiger partial charge in [-0.05, 0) is 19.4 Å². The maximum Gasteiger partial charge on any atom is 0.427 e. The third-order valence-corrected chi connectivity index (χ3v) is 3.01. The molecule has 0 atom stereocenters. The van der Waals surface area contributed by atoms with Gasteiger partial charge in [-0.1, -0.05) is 36.5 Å². The van der Waals surface area contributed by atoms with Gasteiger partial charge >= 0.3 is 12.1 Å². The minimum Gasteiger partial charge on any atom is -0.462 e. The Hall–Kier alpha value is -1.86. The predicted molar refractivity (Wildman–Crippen MR) is 87.2 cm³/mol. The average Bonchev–Trinajstić information content (AvgIpc) is 2.47. The molecule has 9 heteroatoms. The number of rotatable bonds is 7. The standard InChI is InChI=1S/C14H17Cl2N3O4/c1-3-5-6-23-14(21)19-17-8-10-12(13(20)22-4-2)9(15)7-11(16)18-10/h7-8H,3-6H2,1-2H3,(H,19,21)/b17-8+. The maximum atomic E-state index is 11.9. The molecule has 1 N–H and O–H groups in total. The number of hydrogen-bond donors (Lipinski definition) is 1. The molecule has 1 aromatic rings. The molecular formula is C14H17Cl2N3O4. The van der Waals surface area contributed by atoms with Gasteiger partial charge < -0.3 is 9.47 Å². The number of amides is 1. The molecule has 0 aromatic carbocycles. The van der Waals surface area contributed by atoms with Crippen molar-refractivity contribution in [1.82, 2.24) is 10.4 Å². The van der Waals surface area contributed by atoms with Crippen LogP contribution in [0.25, 0.3) is 0 Å². The van der Waals surface area contributed by atoms with Crippen LogP contribution in [-0.2, 0) is 9.47 Å². The molecule has 0 unspecified atom stereocenters. The summed E-state index contributed by atoms with van der Waals surface area (Å²) in [6.07, 6.45) is 2.10. The Bertz CT molecular complexity index is 594. The molecule has 0 radical (unpaired) electrons. The SMILES string of the molecule is CCCCOC(=O)N/N=C/c1nc(Cl)cc(Cl)c1C(=O)OCC. The van der Waals surface area contributed by atoms with Crippen molar-refractivity contribution in [2.45, 2.75) is 26.7 Å². The van der Waals surface area contributed by atoms with Gasteiger partial charge in [0.1, 0.15) is 16.4 Å². The topological polar surface area (TPSA) is 89.9 Å². The summed E-state index contributed by atoms with van der Waals surface area (Å²) in [7, 11) is 0. The minimum atomic E-state index is -0.708. The molecule has 0 aliphatic heterocycles. The monoisotopic (exact) mass is 361 g/mol. The molecule has 1 rings (SSSR count). The van der Waals surface area contributed by atoms with E-state index in [4.69, 9.17) is 32.7 Å². The molecule has 0 bridgehead atoms. The second kappa shape index (κ2) is 10.0. The summed E-state index contributed by atoms with van der Waals surface area (Å²) in [6.45, 7) is 4.12. The van der Waals surface area contributed by atoms with Crippen molar-refractivity contribution in [3.63, 3.8) is 0 Å². The van der Waals surface area contributed by atoms with E-state index in [9.17, 15) is 9.59 Å². The largest absolute Gasteiger partial charge is 0.462 e. The van der Waals surface area contributed by atoms with Crippen LogP contribution in [0.2, 0.25) is 10.2 Å². The van der Waals surface area contributed by atoms with Crippen molar-refractivity contribution in [3.8, 4) is 0 Å². The van der Waals surface area contributed by atoms with Gasteiger partial charge in [-0.25, -0.2) is 20.0 Å². The van der Waals surface area contributed by atoms with Crippen LogP contribution in [0.3, 0.4) is 0 Å². The van der Waals surface area contributed by atoms with E-state index in [1.54, 1.807) is 6.92 Å². The van der Waals surface area contributed by atoms with Crippen LogP contribution in [0.15, 0.2) is 11.2 Å². The van der Waals surface area contributed by atoms with Crippen LogP contribution in [0, 0.1) is 0 Å². The third kappa shape index (κ3) is 6.42. The van der Waals surface area contributed by atoms with Gasteiger partial charge in [0.05, 0.1) is 24.5 Å². The number of esters is 1. The lowest BCUT2D eigenvalue weighted by Gasteiger charge is -2.07. The normalized spacial score (nSPS) is 10.6. The highest BCUT2D eigenvalue weighted by Crippen LogP contribution is 2.22. The number of carbonyl (C=O) groups is 2. The molecule has 1 amide bonds. The molecule has 7 nitrogen and oxygen atoms in total. The van der Waals surface area contributed by atoms with Crippen molar-refractivity contribution in [3.05, 3.63) is 27.5 Å². The summed E-state index contributed by atoms with van der Waals surface area (Å²) < 4.78 is 9.76. The molecule has 1 aromatic heterocycles. The Labute approximate surface area is 144 Å². The lowest BCUT2D eigenvalue weighted by atomic mass is 10.2. The zero-order valence-corrected chi connectivity index (χ0v) is 14.3. The average molecular weight is 362 g/mol. The number of nitrogens with zero attached hydrogens (tertiary/aromatic N) is 2. The summed E-state index contributed by atoms with van der Waals surface area (Å²) in [5, 5.41) is 3.83. The van der Waals surface area contributed by atoms with Gasteiger partial charge in [-0.15, -0.1) is 0 Å². The molecule has 23 heavy (non-hydrogen) atoms. The fourth-order valence-electron chi connectivity index (χ4n) is 1.49. The zero-order chi connectivity index (χ0) is 17.2. The van der Waals surface area contributed by atoms with E-state index in [1.807, 2.05) is 6.92 Å². The molecule has 0 aliphatic rings. The van der Waals surface area contributed by atoms with Crippen LogP contribution in [-0.4, -0.2) is 36.5 Å². The Morgan fingerprint density at radius 1 is 1.35 bits per heavy atom. The van der Waals surface area contributed by atoms with Gasteiger partial charge in [0, 0.05) is 0 Å². The Morgan fingerprint density at radius 2 is 2.09 bits per heavy atom. The van der Waals surface area contributed by atoms with Crippen LogP contribution in [0.1, 0.15) is 42.7 Å². The number of nitrogens with one attached hydrogen (secondary N) is 1. The fraction of sp³-hybridized carbons (Fsp3) is 0.429. The van der Waals surface area contributed by atoms with Crippen molar-refractivity contribution < 1.29 is 19.1 Å². The molecule has 0 spiro atoms. The lowest BCUT2D eigenvalue weighted by molar-refractivity contribution is 0.0526. The van der Waals surface area contributed by atoms with E-state index < -0.39 is 12.1 Å². The molecule has 0 saturated heterocycles. The first-order valence-corrected chi connectivity index (χ1v) is 7.74. The zero-order valence-electron chi connectivity index (χ0n) is 12.8. The molecular weight excluding hydrogens is 345 g/mol. The van der Waals surface area contributed by atoms with Crippen LogP contribution < -0.4 is 5.43 Å². The van der Waals surface area contributed by atoms with Crippen molar-refractivity contribution in [1.29, 1.82) is 0 Å². The number of hydrazone groups is 1. The lowest BCUT2D eigenvalue weighted by Crippen LogP contribution is -2.20. The second-order valence-electron chi connectivity index (χ2n) is 4.27. The molecule has 0 fully saturated rings. The molecule has 126 valence electrons. The quantitative estimate of drug-likeness (QED) is 0.264. The summed E-state index contributed by atoms with van der Waals surface area (Å²) in [5.74, 6) is -0.659. The Kier molecular flexibility index (Phi) is 8.36. The molecule has 0 aliphatic carbocycles. The van der Waals surface area contributed by atoms with E-state index in [1.165, 1.54) is 6.07 Å². The summed E-state index contributed by atoms with van der Waals surface area (Å²) in [5.41, 5.74) is 2.25. The maximum absolute atomic E-state index is 11.9. The fourth-order valence-corrected chi connectivity index (χ4v) is 2.02. The predicted octanol–water partition coefficient (Wildman–Crippen LogP) is 3.43. The Morgan fingerprint density at radius 3 is 2.74 bits per heavy atom. The summed E-state index contributed by atoms with van der Waals surface area (Å²) in [4.78, 5) is 27.2. The first-order valence-electron chi connectivity index (χ1n) is 6.98. The van der Waals surface area contributed by atoms with E-state index >= 15 is 0 Å². The summed E-state index contributed by atoms with van der Waals surface area (Å²) >= 11 is 11.8. The van der Waals surface area contributed by atoms with E-state index in [0.29, 0.717) is 6.61 Å². The van der Waals surface area contributed by atoms with Crippen LogP contribution in [0.5, 0.6) is 0 Å². The number of pyridine rings is 1. The number of ether oxygens (including phenoxy) is 2. The number of hydrogen-bond acceptors (Lipinski definition) is 6. The van der Waals surface area contributed by atoms with Crippen LogP contribution >= 0.6 is 23.2 Å². The first-order chi connectivity index (χ1) is 11.0. The third-order valence-electron chi connectivity index (χ3n) is 2.52. The number of halogens is 2. The second-order valence-corrected chi connectivity index (χ2v) is 5.06. The number of carbonyl (C=O) groups excluding carboxylic acids is 2. The van der Waals surface area contributed by atoms with E-state index in [2.05, 4.69) is 15.5 Å². The van der Waals surface area contributed by atoms with Gasteiger partial charge in [-0.3, -0.25) is 0 Å². The van der Waals surface area contributed by atoms with Crippen molar-refractivity contribution in [2.24, 2.45) is 5.10 Å². The molecule has 0 saturated carbocycles. The van der Waals surface area contributed by atoms with Gasteiger partial charge in [-0.2, -0.15) is 5.10 Å². The number of unbranched alkanes of at least 4 members (excludes halogenated alkanes) is 1. The number of aromatic nitrogens is 1. The van der Waals surface area contributed by atoms with Gasteiger partial charge in [0.25, 0.3) is 0 Å². The van der Waals surface area contributed by atoms with Gasteiger partial charge in [0.2, 0.25) is 0 Å². The highest BCUT2D eigenvalue weighted by Gasteiger charge is 2.18. The van der Waals surface area contributed by atoms with Gasteiger partial charge in [0.15, 0.2) is 0 Å². The van der Waals surface area contributed by atoms with Crippen molar-refractivity contribution in [2.75, 3.05) is 13.2 Å². The van der Waals surface area contributed by atoms with Crippen LogP contribution in [0.4, 0.5) is 4.79 Å². The van der Waals surface area contributed by atoms with E-state index in [-0.39, 0.29) is 28.0 Å². The highest BCUT2D eigenvalue weighted by molar-refractivity contribution is 6.36. The smallest absolute Gasteiger partial charge is 0.427 e. The minimum absolute atomic E-state index is 0.0165. The molecule has 1 heterocycles. The summed E-state index contributed by atoms with van der Waals surface area (Å²) in [6, 6.07) is 1.32.